The maximum absolute atomic E-state index is 13.4. The average Bonchev–Trinajstić information content (AvgIpc) is 3.15. The van der Waals surface area contributed by atoms with Crippen LogP contribution in [0.5, 0.6) is 0 Å². The molecule has 1 aliphatic carbocycles. The summed E-state index contributed by atoms with van der Waals surface area (Å²) in [6.45, 7) is 5.64. The van der Waals surface area contributed by atoms with Gasteiger partial charge in [0.2, 0.25) is 0 Å². The molecule has 2 N–H and O–H groups in total. The highest BCUT2D eigenvalue weighted by atomic mass is 35.5. The van der Waals surface area contributed by atoms with Crippen LogP contribution in [-0.4, -0.2) is 36.4 Å². The molecule has 1 aliphatic heterocycles. The van der Waals surface area contributed by atoms with Crippen LogP contribution in [-0.2, 0) is 11.2 Å². The normalized spacial score (nSPS) is 18.0. The van der Waals surface area contributed by atoms with Crippen LogP contribution in [0.15, 0.2) is 41.2 Å². The van der Waals surface area contributed by atoms with E-state index in [1.165, 1.54) is 15.7 Å². The molecule has 5 rings (SSSR count). The van der Waals surface area contributed by atoms with Crippen molar-refractivity contribution in [3.63, 3.8) is 0 Å². The van der Waals surface area contributed by atoms with Crippen molar-refractivity contribution in [2.45, 2.75) is 39.2 Å². The van der Waals surface area contributed by atoms with Crippen molar-refractivity contribution >= 4 is 29.0 Å². The minimum Gasteiger partial charge on any atom is -0.372 e. The number of hydrogen-bond acceptors (Lipinski definition) is 5. The van der Waals surface area contributed by atoms with Crippen molar-refractivity contribution < 1.29 is 4.74 Å². The Labute approximate surface area is 227 Å². The number of halogens is 2. The highest BCUT2D eigenvalue weighted by Crippen LogP contribution is 2.51. The van der Waals surface area contributed by atoms with Gasteiger partial charge in [0, 0.05) is 31.8 Å². The number of nitrogens with two attached hydrogens (primary N) is 1. The lowest BCUT2D eigenvalue weighted by Gasteiger charge is -2.43. The summed E-state index contributed by atoms with van der Waals surface area (Å²) >= 11 is 12.6. The third-order valence-corrected chi connectivity index (χ3v) is 8.62. The summed E-state index contributed by atoms with van der Waals surface area (Å²) in [5.41, 5.74) is 11.3. The molecule has 1 aromatic heterocycles. The number of ether oxygens (including phenoxy) is 1. The predicted molar refractivity (Wildman–Crippen MR) is 149 cm³/mol. The van der Waals surface area contributed by atoms with Gasteiger partial charge in [-0.15, -0.1) is 0 Å². The largest absolute Gasteiger partial charge is 0.372 e. The summed E-state index contributed by atoms with van der Waals surface area (Å²) in [6, 6.07) is 11.6. The third-order valence-electron chi connectivity index (χ3n) is 7.81. The standard InChI is InChI=1S/C29H30Cl2N4O2/c1-18-27(33-19(2)35(28(18)36)24-8-4-7-23(30)25(24)31)34-13-11-29(12-14-34)17-21-10-9-20(6-5-15-37-3)16-22(21)26(29)32/h4,7-10,16,26H,11-15,17,32H2,1-3H3/t26-/m1/s1. The Bertz CT molecular complexity index is 1480. The minimum atomic E-state index is -0.140. The van der Waals surface area contributed by atoms with Crippen LogP contribution in [0.4, 0.5) is 5.82 Å². The molecule has 3 aromatic rings. The highest BCUT2D eigenvalue weighted by Gasteiger charge is 2.46. The van der Waals surface area contributed by atoms with Crippen molar-refractivity contribution in [3.05, 3.63) is 84.9 Å². The van der Waals surface area contributed by atoms with Gasteiger partial charge in [0.05, 0.1) is 21.3 Å². The number of aryl methyl sites for hydroxylation is 1. The van der Waals surface area contributed by atoms with E-state index in [0.29, 0.717) is 33.7 Å². The molecule has 0 saturated carbocycles. The van der Waals surface area contributed by atoms with Crippen molar-refractivity contribution in [3.8, 4) is 17.5 Å². The van der Waals surface area contributed by atoms with Gasteiger partial charge in [0.25, 0.3) is 5.56 Å². The second-order valence-corrected chi connectivity index (χ2v) is 10.8. The van der Waals surface area contributed by atoms with Gasteiger partial charge < -0.3 is 15.4 Å². The van der Waals surface area contributed by atoms with Gasteiger partial charge in [-0.1, -0.05) is 47.2 Å². The molecule has 1 atom stereocenters. The first-order chi connectivity index (χ1) is 17.8. The summed E-state index contributed by atoms with van der Waals surface area (Å²) in [4.78, 5) is 20.5. The molecule has 2 heterocycles. The smallest absolute Gasteiger partial charge is 0.263 e. The molecule has 0 unspecified atom stereocenters. The Morgan fingerprint density at radius 3 is 2.68 bits per heavy atom. The molecule has 8 heteroatoms. The number of hydrogen-bond donors (Lipinski definition) is 1. The second kappa shape index (κ2) is 10.2. The molecule has 2 aromatic carbocycles. The van der Waals surface area contributed by atoms with Crippen molar-refractivity contribution in [1.29, 1.82) is 0 Å². The van der Waals surface area contributed by atoms with Gasteiger partial charge in [-0.05, 0) is 73.9 Å². The van der Waals surface area contributed by atoms with Crippen molar-refractivity contribution in [2.24, 2.45) is 11.1 Å². The number of benzene rings is 2. The Hall–Kier alpha value is -2.82. The van der Waals surface area contributed by atoms with Gasteiger partial charge in [-0.2, -0.15) is 0 Å². The van der Waals surface area contributed by atoms with Crippen LogP contribution in [0.25, 0.3) is 5.69 Å². The highest BCUT2D eigenvalue weighted by molar-refractivity contribution is 6.43. The zero-order valence-electron chi connectivity index (χ0n) is 21.3. The summed E-state index contributed by atoms with van der Waals surface area (Å²) in [5, 5.41) is 0.738. The molecular formula is C29H30Cl2N4O2. The first kappa shape index (κ1) is 25.8. The van der Waals surface area contributed by atoms with E-state index >= 15 is 0 Å². The summed E-state index contributed by atoms with van der Waals surface area (Å²) in [5.74, 6) is 7.48. The third kappa shape index (κ3) is 4.55. The second-order valence-electron chi connectivity index (χ2n) is 9.97. The van der Waals surface area contributed by atoms with E-state index in [2.05, 4.69) is 34.9 Å². The van der Waals surface area contributed by atoms with E-state index in [1.807, 2.05) is 13.8 Å². The molecule has 0 radical (unpaired) electrons. The molecule has 1 fully saturated rings. The lowest BCUT2D eigenvalue weighted by molar-refractivity contribution is 0.187. The average molecular weight is 537 g/mol. The number of aromatic nitrogens is 2. The predicted octanol–water partition coefficient (Wildman–Crippen LogP) is 5.00. The molecular weight excluding hydrogens is 507 g/mol. The minimum absolute atomic E-state index is 0.00363. The quantitative estimate of drug-likeness (QED) is 0.477. The van der Waals surface area contributed by atoms with Crippen LogP contribution >= 0.6 is 23.2 Å². The van der Waals surface area contributed by atoms with Gasteiger partial charge in [-0.25, -0.2) is 4.98 Å². The van der Waals surface area contributed by atoms with Crippen molar-refractivity contribution in [1.82, 2.24) is 9.55 Å². The number of piperidine rings is 1. The Morgan fingerprint density at radius 2 is 1.95 bits per heavy atom. The number of fused-ring (bicyclic) bond motifs is 1. The molecule has 1 saturated heterocycles. The zero-order chi connectivity index (χ0) is 26.3. The topological polar surface area (TPSA) is 73.4 Å². The maximum Gasteiger partial charge on any atom is 0.263 e. The fourth-order valence-corrected chi connectivity index (χ4v) is 6.14. The zero-order valence-corrected chi connectivity index (χ0v) is 22.8. The first-order valence-electron chi connectivity index (χ1n) is 12.4. The molecule has 6 nitrogen and oxygen atoms in total. The fraction of sp³-hybridized carbons (Fsp3) is 0.379. The van der Waals surface area contributed by atoms with E-state index in [1.54, 1.807) is 25.3 Å². The number of methoxy groups -OCH3 is 1. The maximum atomic E-state index is 13.4. The van der Waals surface area contributed by atoms with E-state index in [9.17, 15) is 4.79 Å². The van der Waals surface area contributed by atoms with Crippen LogP contribution in [0.3, 0.4) is 0 Å². The van der Waals surface area contributed by atoms with Gasteiger partial charge >= 0.3 is 0 Å². The number of anilines is 1. The fourth-order valence-electron chi connectivity index (χ4n) is 5.76. The van der Waals surface area contributed by atoms with Gasteiger partial charge in [0.15, 0.2) is 0 Å². The summed E-state index contributed by atoms with van der Waals surface area (Å²) < 4.78 is 6.57. The molecule has 192 valence electrons. The number of rotatable bonds is 3. The Kier molecular flexibility index (Phi) is 7.08. The van der Waals surface area contributed by atoms with Crippen LogP contribution in [0.1, 0.15) is 47.0 Å². The molecule has 0 amide bonds. The van der Waals surface area contributed by atoms with E-state index < -0.39 is 0 Å². The molecule has 0 bridgehead atoms. The summed E-state index contributed by atoms with van der Waals surface area (Å²) in [7, 11) is 1.64. The molecule has 37 heavy (non-hydrogen) atoms. The van der Waals surface area contributed by atoms with E-state index in [4.69, 9.17) is 38.7 Å². The Morgan fingerprint density at radius 1 is 1.19 bits per heavy atom. The van der Waals surface area contributed by atoms with Crippen molar-refractivity contribution in [2.75, 3.05) is 31.7 Å². The number of nitrogens with zero attached hydrogens (tertiary/aromatic N) is 3. The van der Waals surface area contributed by atoms with Gasteiger partial charge in [0.1, 0.15) is 18.2 Å². The first-order valence-corrected chi connectivity index (χ1v) is 13.2. The monoisotopic (exact) mass is 536 g/mol. The van der Waals surface area contributed by atoms with Crippen LogP contribution in [0.2, 0.25) is 10.0 Å². The van der Waals surface area contributed by atoms with Crippen LogP contribution in [0, 0.1) is 31.1 Å². The lowest BCUT2D eigenvalue weighted by atomic mass is 9.73. The van der Waals surface area contributed by atoms with Gasteiger partial charge in [-0.3, -0.25) is 9.36 Å². The SMILES string of the molecule is COCC#Cc1ccc2c(c1)[C@@H](N)C1(CCN(c3nc(C)n(-c4cccc(Cl)c4Cl)c(=O)c3C)CC1)C2. The molecule has 2 aliphatic rings. The van der Waals surface area contributed by atoms with Crippen LogP contribution < -0.4 is 16.2 Å². The Balaban J connectivity index is 1.38. The van der Waals surface area contributed by atoms with E-state index in [-0.39, 0.29) is 17.0 Å². The lowest BCUT2D eigenvalue weighted by Crippen LogP contribution is -2.45. The molecule has 1 spiro atoms. The van der Waals surface area contributed by atoms with E-state index in [0.717, 1.165) is 43.7 Å². The summed E-state index contributed by atoms with van der Waals surface area (Å²) in [6.07, 6.45) is 2.82.